The molecule has 6 nitrogen and oxygen atoms in total. The summed E-state index contributed by atoms with van der Waals surface area (Å²) >= 11 is 0. The van der Waals surface area contributed by atoms with E-state index in [1.54, 1.807) is 4.72 Å². The van der Waals surface area contributed by atoms with Crippen LogP contribution in [0.1, 0.15) is 13.8 Å². The van der Waals surface area contributed by atoms with Crippen LogP contribution in [0.25, 0.3) is 0 Å². The maximum atomic E-state index is 11.2. The minimum atomic E-state index is -3.69. The van der Waals surface area contributed by atoms with Gasteiger partial charge in [-0.15, -0.1) is 0 Å². The monoisotopic (exact) mass is 243 g/mol. The Hall–Kier alpha value is -0.630. The predicted octanol–water partition coefficient (Wildman–Crippen LogP) is -1.11. The van der Waals surface area contributed by atoms with Crippen LogP contribution in [0.4, 0.5) is 0 Å². The minimum absolute atomic E-state index is 0.701. The number of carbonyl (C=O) groups excluding carboxylic acids is 1. The van der Waals surface area contributed by atoms with Crippen molar-refractivity contribution in [3.8, 4) is 0 Å². The number of hydrogen-bond acceptors (Lipinski definition) is 5. The van der Waals surface area contributed by atoms with E-state index in [4.69, 9.17) is 0 Å². The van der Waals surface area contributed by atoms with E-state index in [1.165, 1.54) is 13.8 Å². The topological polar surface area (TPSA) is 97.4 Å². The zero-order valence-electron chi connectivity index (χ0n) is 8.14. The van der Waals surface area contributed by atoms with Crippen molar-refractivity contribution in [3.05, 3.63) is 0 Å². The zero-order chi connectivity index (χ0) is 11.6. The molecular weight excluding hydrogens is 230 g/mol. The lowest BCUT2D eigenvalue weighted by atomic mass is 10.6. The molecule has 0 aliphatic heterocycles. The van der Waals surface area contributed by atoms with E-state index in [1.807, 2.05) is 0 Å². The summed E-state index contributed by atoms with van der Waals surface area (Å²) in [6.07, 6.45) is 0.785. The van der Waals surface area contributed by atoms with E-state index < -0.39 is 36.8 Å². The molecular formula is C6H13NO5S2. The largest absolute Gasteiger partial charge is 0.273 e. The number of sulfone groups is 1. The van der Waals surface area contributed by atoms with Crippen LogP contribution in [0, 0.1) is 0 Å². The Kier molecular flexibility index (Phi) is 4.07. The summed E-state index contributed by atoms with van der Waals surface area (Å²) in [5, 5.41) is -0.701. The van der Waals surface area contributed by atoms with Gasteiger partial charge in [0.1, 0.15) is 5.75 Å². The summed E-state index contributed by atoms with van der Waals surface area (Å²) in [6, 6.07) is 0. The molecule has 0 atom stereocenters. The third kappa shape index (κ3) is 5.18. The van der Waals surface area contributed by atoms with Crippen LogP contribution in [0.3, 0.4) is 0 Å². The van der Waals surface area contributed by atoms with Crippen LogP contribution in [0.2, 0.25) is 0 Å². The predicted molar refractivity (Wildman–Crippen MR) is 51.9 cm³/mol. The fraction of sp³-hybridized carbons (Fsp3) is 0.833. The second-order valence-electron chi connectivity index (χ2n) is 3.15. The van der Waals surface area contributed by atoms with E-state index in [2.05, 4.69) is 0 Å². The Bertz CT molecular complexity index is 406. The molecule has 0 aromatic carbocycles. The van der Waals surface area contributed by atoms with E-state index in [0.717, 1.165) is 6.26 Å². The lowest BCUT2D eigenvalue weighted by Gasteiger charge is -2.06. The van der Waals surface area contributed by atoms with Crippen molar-refractivity contribution in [3.63, 3.8) is 0 Å². The molecule has 0 aromatic rings. The van der Waals surface area contributed by atoms with Crippen molar-refractivity contribution in [2.75, 3.05) is 12.0 Å². The van der Waals surface area contributed by atoms with Gasteiger partial charge in [-0.25, -0.2) is 16.8 Å². The fourth-order valence-electron chi connectivity index (χ4n) is 0.586. The maximum absolute atomic E-state index is 11.2. The number of nitrogens with one attached hydrogen (secondary N) is 1. The maximum Gasteiger partial charge on any atom is 0.248 e. The second kappa shape index (κ2) is 4.26. The van der Waals surface area contributed by atoms with Crippen molar-refractivity contribution in [2.24, 2.45) is 0 Å². The molecule has 0 spiro atoms. The van der Waals surface area contributed by atoms with Gasteiger partial charge >= 0.3 is 0 Å². The van der Waals surface area contributed by atoms with Gasteiger partial charge in [-0.2, -0.15) is 0 Å². The highest BCUT2D eigenvalue weighted by Gasteiger charge is 2.22. The molecule has 0 rings (SSSR count). The highest BCUT2D eigenvalue weighted by Crippen LogP contribution is 1.99. The van der Waals surface area contributed by atoms with E-state index >= 15 is 0 Å². The molecule has 1 amide bonds. The van der Waals surface area contributed by atoms with Crippen LogP contribution in [-0.2, 0) is 24.7 Å². The molecule has 8 heteroatoms. The van der Waals surface area contributed by atoms with Gasteiger partial charge in [0.05, 0.1) is 11.5 Å². The standard InChI is InChI=1S/C6H13NO5S2/c1-5(2)14(11,12)4-6(8)7-13(3,9)10/h5H,4H2,1-3H3,(H,7,8). The van der Waals surface area contributed by atoms with E-state index in [9.17, 15) is 21.6 Å². The Morgan fingerprint density at radius 1 is 1.21 bits per heavy atom. The first-order valence-corrected chi connectivity index (χ1v) is 7.37. The quantitative estimate of drug-likeness (QED) is 0.675. The van der Waals surface area contributed by atoms with Crippen LogP contribution < -0.4 is 4.72 Å². The zero-order valence-corrected chi connectivity index (χ0v) is 9.78. The molecule has 0 heterocycles. The van der Waals surface area contributed by atoms with Gasteiger partial charge in [-0.1, -0.05) is 0 Å². The van der Waals surface area contributed by atoms with Gasteiger partial charge in [-0.05, 0) is 13.8 Å². The SMILES string of the molecule is CC(C)S(=O)(=O)CC(=O)NS(C)(=O)=O. The smallest absolute Gasteiger partial charge is 0.248 e. The van der Waals surface area contributed by atoms with Crippen molar-refractivity contribution in [2.45, 2.75) is 19.1 Å². The van der Waals surface area contributed by atoms with E-state index in [-0.39, 0.29) is 0 Å². The van der Waals surface area contributed by atoms with Gasteiger partial charge in [0.2, 0.25) is 15.9 Å². The summed E-state index contributed by atoms with van der Waals surface area (Å²) in [5.74, 6) is -1.83. The average molecular weight is 243 g/mol. The van der Waals surface area contributed by atoms with Gasteiger partial charge < -0.3 is 0 Å². The van der Waals surface area contributed by atoms with Crippen molar-refractivity contribution < 1.29 is 21.6 Å². The molecule has 0 aromatic heterocycles. The first-order valence-electron chi connectivity index (χ1n) is 3.77. The molecule has 0 saturated carbocycles. The number of hydrogen-bond donors (Lipinski definition) is 1. The van der Waals surface area contributed by atoms with Crippen molar-refractivity contribution in [1.82, 2.24) is 4.72 Å². The Morgan fingerprint density at radius 2 is 1.64 bits per heavy atom. The number of rotatable bonds is 4. The van der Waals surface area contributed by atoms with Crippen LogP contribution in [-0.4, -0.2) is 40.0 Å². The van der Waals surface area contributed by atoms with Gasteiger partial charge in [0, 0.05) is 0 Å². The van der Waals surface area contributed by atoms with Crippen LogP contribution in [0.5, 0.6) is 0 Å². The number of amides is 1. The molecule has 0 aliphatic rings. The summed E-state index contributed by atoms with van der Waals surface area (Å²) < 4.78 is 45.1. The average Bonchev–Trinajstić information content (AvgIpc) is 1.79. The van der Waals surface area contributed by atoms with E-state index in [0.29, 0.717) is 0 Å². The first-order chi connectivity index (χ1) is 6.04. The lowest BCUT2D eigenvalue weighted by molar-refractivity contribution is -0.116. The molecule has 0 bridgehead atoms. The lowest BCUT2D eigenvalue weighted by Crippen LogP contribution is -2.36. The summed E-state index contributed by atoms with van der Waals surface area (Å²) in [4.78, 5) is 10.9. The second-order valence-corrected chi connectivity index (χ2v) is 7.46. The summed E-state index contributed by atoms with van der Waals surface area (Å²) in [5.41, 5.74) is 0. The normalized spacial score (nSPS) is 12.9. The van der Waals surface area contributed by atoms with Gasteiger partial charge in [-0.3, -0.25) is 9.52 Å². The third-order valence-corrected chi connectivity index (χ3v) is 4.05. The molecule has 84 valence electrons. The molecule has 1 N–H and O–H groups in total. The highest BCUT2D eigenvalue weighted by atomic mass is 32.2. The summed E-state index contributed by atoms with van der Waals surface area (Å²) in [6.45, 7) is 2.84. The van der Waals surface area contributed by atoms with Gasteiger partial charge in [0.25, 0.3) is 0 Å². The van der Waals surface area contributed by atoms with Gasteiger partial charge in [0.15, 0.2) is 9.84 Å². The number of sulfonamides is 1. The van der Waals surface area contributed by atoms with Crippen LogP contribution in [0.15, 0.2) is 0 Å². The Labute approximate surface area is 83.7 Å². The van der Waals surface area contributed by atoms with Crippen molar-refractivity contribution in [1.29, 1.82) is 0 Å². The molecule has 14 heavy (non-hydrogen) atoms. The molecule has 0 radical (unpaired) electrons. The third-order valence-electron chi connectivity index (χ3n) is 1.35. The first kappa shape index (κ1) is 13.4. The highest BCUT2D eigenvalue weighted by molar-refractivity contribution is 7.93. The molecule has 0 saturated heterocycles. The van der Waals surface area contributed by atoms with Crippen LogP contribution >= 0.6 is 0 Å². The number of carbonyl (C=O) groups is 1. The molecule has 0 aliphatic carbocycles. The molecule has 0 unspecified atom stereocenters. The minimum Gasteiger partial charge on any atom is -0.273 e. The molecule has 0 fully saturated rings. The Morgan fingerprint density at radius 3 is 1.93 bits per heavy atom. The summed E-state index contributed by atoms with van der Waals surface area (Å²) in [7, 11) is -7.23. The fourth-order valence-corrected chi connectivity index (χ4v) is 1.93. The van der Waals surface area contributed by atoms with Crippen molar-refractivity contribution >= 4 is 25.8 Å². The Balaban J connectivity index is 4.52.